The van der Waals surface area contributed by atoms with Gasteiger partial charge in [0.2, 0.25) is 0 Å². The van der Waals surface area contributed by atoms with Crippen LogP contribution in [0.5, 0.6) is 0 Å². The summed E-state index contributed by atoms with van der Waals surface area (Å²) in [5, 5.41) is 3.74. The Morgan fingerprint density at radius 1 is 1.41 bits per heavy atom. The third-order valence-corrected chi connectivity index (χ3v) is 3.56. The van der Waals surface area contributed by atoms with Gasteiger partial charge in [-0.3, -0.25) is 0 Å². The van der Waals surface area contributed by atoms with E-state index in [1.54, 1.807) is 0 Å². The van der Waals surface area contributed by atoms with Gasteiger partial charge in [0.05, 0.1) is 10.7 Å². The molecule has 0 saturated carbocycles. The fraction of sp³-hybridized carbons (Fsp3) is 0.538. The first-order chi connectivity index (χ1) is 8.04. The van der Waals surface area contributed by atoms with Crippen LogP contribution in [0.25, 0.3) is 0 Å². The molecule has 1 nitrogen and oxygen atoms in total. The summed E-state index contributed by atoms with van der Waals surface area (Å²) in [5.74, 6) is -0.328. The van der Waals surface area contributed by atoms with Gasteiger partial charge < -0.3 is 5.32 Å². The Labute approximate surface area is 116 Å². The zero-order valence-corrected chi connectivity index (χ0v) is 12.5. The predicted octanol–water partition coefficient (Wildman–Crippen LogP) is 5.62. The third kappa shape index (κ3) is 4.84. The molecular formula is C13H18BrClFN. The molecule has 0 radical (unpaired) electrons. The van der Waals surface area contributed by atoms with Crippen LogP contribution in [-0.4, -0.2) is 6.04 Å². The number of halogens is 3. The van der Waals surface area contributed by atoms with E-state index >= 15 is 0 Å². The molecule has 0 amide bonds. The molecule has 0 heterocycles. The highest BCUT2D eigenvalue weighted by Gasteiger charge is 2.10. The summed E-state index contributed by atoms with van der Waals surface area (Å²) in [6.45, 7) is 4.30. The van der Waals surface area contributed by atoms with Crippen molar-refractivity contribution >= 4 is 33.2 Å². The number of hydrogen-bond donors (Lipinski definition) is 1. The lowest BCUT2D eigenvalue weighted by Crippen LogP contribution is -2.15. The molecule has 1 aromatic carbocycles. The Balaban J connectivity index is 2.61. The summed E-state index contributed by atoms with van der Waals surface area (Å²) in [6, 6.07) is 3.08. The molecule has 0 aliphatic carbocycles. The van der Waals surface area contributed by atoms with E-state index in [-0.39, 0.29) is 5.82 Å². The average Bonchev–Trinajstić information content (AvgIpc) is 2.24. The Hall–Kier alpha value is -0.280. The van der Waals surface area contributed by atoms with Crippen molar-refractivity contribution in [2.24, 2.45) is 0 Å². The summed E-state index contributed by atoms with van der Waals surface area (Å²) < 4.78 is 13.7. The SMILES string of the molecule is CCCCCC(C)Nc1c(Cl)cc(F)cc1Br. The number of hydrogen-bond acceptors (Lipinski definition) is 1. The monoisotopic (exact) mass is 321 g/mol. The first-order valence-electron chi connectivity index (χ1n) is 5.95. The van der Waals surface area contributed by atoms with Crippen LogP contribution in [0.15, 0.2) is 16.6 Å². The standard InChI is InChI=1S/C13H18BrClFN/c1-3-4-5-6-9(2)17-13-11(14)7-10(16)8-12(13)15/h7-9,17H,3-6H2,1-2H3. The van der Waals surface area contributed by atoms with E-state index in [2.05, 4.69) is 35.1 Å². The molecule has 1 rings (SSSR count). The minimum absolute atomic E-state index is 0.328. The first kappa shape index (κ1) is 14.8. The van der Waals surface area contributed by atoms with Gasteiger partial charge >= 0.3 is 0 Å². The molecule has 4 heteroatoms. The lowest BCUT2D eigenvalue weighted by molar-refractivity contribution is 0.613. The van der Waals surface area contributed by atoms with Crippen molar-refractivity contribution in [2.45, 2.75) is 45.6 Å². The van der Waals surface area contributed by atoms with Gasteiger partial charge in [0.1, 0.15) is 5.82 Å². The number of nitrogens with one attached hydrogen (secondary N) is 1. The lowest BCUT2D eigenvalue weighted by Gasteiger charge is -2.17. The van der Waals surface area contributed by atoms with Crippen LogP contribution in [0.3, 0.4) is 0 Å². The van der Waals surface area contributed by atoms with E-state index < -0.39 is 0 Å². The molecule has 0 spiro atoms. The molecule has 96 valence electrons. The van der Waals surface area contributed by atoms with E-state index in [0.717, 1.165) is 12.1 Å². The normalized spacial score (nSPS) is 12.5. The van der Waals surface area contributed by atoms with Gasteiger partial charge in [0, 0.05) is 10.5 Å². The molecule has 0 saturated heterocycles. The molecule has 0 fully saturated rings. The largest absolute Gasteiger partial charge is 0.380 e. The number of unbranched alkanes of at least 4 members (excludes halogenated alkanes) is 2. The smallest absolute Gasteiger partial charge is 0.125 e. The van der Waals surface area contributed by atoms with Gasteiger partial charge in [0.25, 0.3) is 0 Å². The average molecular weight is 323 g/mol. The molecule has 1 unspecified atom stereocenters. The molecule has 17 heavy (non-hydrogen) atoms. The topological polar surface area (TPSA) is 12.0 Å². The van der Waals surface area contributed by atoms with E-state index in [1.165, 1.54) is 31.4 Å². The highest BCUT2D eigenvalue weighted by atomic mass is 79.9. The van der Waals surface area contributed by atoms with Gasteiger partial charge in [-0.2, -0.15) is 0 Å². The maximum atomic E-state index is 13.1. The Morgan fingerprint density at radius 2 is 2.12 bits per heavy atom. The Bertz CT molecular complexity index is 347. The molecule has 0 bridgehead atoms. The second kappa shape index (κ2) is 7.22. The number of benzene rings is 1. The van der Waals surface area contributed by atoms with Crippen LogP contribution in [-0.2, 0) is 0 Å². The van der Waals surface area contributed by atoms with Gasteiger partial charge in [-0.15, -0.1) is 0 Å². The molecule has 1 atom stereocenters. The van der Waals surface area contributed by atoms with E-state index in [0.29, 0.717) is 15.5 Å². The van der Waals surface area contributed by atoms with Crippen molar-refractivity contribution in [1.29, 1.82) is 0 Å². The van der Waals surface area contributed by atoms with Crippen molar-refractivity contribution in [1.82, 2.24) is 0 Å². The van der Waals surface area contributed by atoms with Crippen LogP contribution in [0.2, 0.25) is 5.02 Å². The number of rotatable bonds is 6. The summed E-state index contributed by atoms with van der Waals surface area (Å²) in [7, 11) is 0. The highest BCUT2D eigenvalue weighted by molar-refractivity contribution is 9.10. The van der Waals surface area contributed by atoms with Crippen LogP contribution in [0.1, 0.15) is 39.5 Å². The Kier molecular flexibility index (Phi) is 6.28. The maximum absolute atomic E-state index is 13.1. The molecule has 0 aromatic heterocycles. The zero-order chi connectivity index (χ0) is 12.8. The summed E-state index contributed by atoms with van der Waals surface area (Å²) in [5.41, 5.74) is 0.775. The molecule has 0 aliphatic rings. The molecular weight excluding hydrogens is 305 g/mol. The van der Waals surface area contributed by atoms with Gasteiger partial charge in [-0.05, 0) is 41.4 Å². The second-order valence-electron chi connectivity index (χ2n) is 4.29. The van der Waals surface area contributed by atoms with E-state index in [4.69, 9.17) is 11.6 Å². The summed E-state index contributed by atoms with van der Waals surface area (Å²) in [6.07, 6.45) is 4.74. The fourth-order valence-electron chi connectivity index (χ4n) is 1.70. The second-order valence-corrected chi connectivity index (χ2v) is 5.55. The number of anilines is 1. The summed E-state index contributed by atoms with van der Waals surface area (Å²) in [4.78, 5) is 0. The van der Waals surface area contributed by atoms with Gasteiger partial charge in [0.15, 0.2) is 0 Å². The van der Waals surface area contributed by atoms with Crippen molar-refractivity contribution in [3.8, 4) is 0 Å². The van der Waals surface area contributed by atoms with Crippen molar-refractivity contribution in [3.63, 3.8) is 0 Å². The highest BCUT2D eigenvalue weighted by Crippen LogP contribution is 2.32. The van der Waals surface area contributed by atoms with Crippen molar-refractivity contribution in [3.05, 3.63) is 27.4 Å². The lowest BCUT2D eigenvalue weighted by atomic mass is 10.1. The molecule has 1 aromatic rings. The minimum atomic E-state index is -0.328. The predicted molar refractivity (Wildman–Crippen MR) is 76.3 cm³/mol. The quantitative estimate of drug-likeness (QED) is 0.670. The van der Waals surface area contributed by atoms with Crippen LogP contribution in [0, 0.1) is 5.82 Å². The van der Waals surface area contributed by atoms with Gasteiger partial charge in [-0.25, -0.2) is 4.39 Å². The maximum Gasteiger partial charge on any atom is 0.125 e. The first-order valence-corrected chi connectivity index (χ1v) is 7.12. The van der Waals surface area contributed by atoms with Crippen LogP contribution in [0.4, 0.5) is 10.1 Å². The molecule has 0 aliphatic heterocycles. The van der Waals surface area contributed by atoms with Gasteiger partial charge in [-0.1, -0.05) is 37.8 Å². The third-order valence-electron chi connectivity index (χ3n) is 2.64. The minimum Gasteiger partial charge on any atom is -0.380 e. The zero-order valence-electron chi connectivity index (χ0n) is 10.2. The van der Waals surface area contributed by atoms with Crippen LogP contribution < -0.4 is 5.32 Å². The fourth-order valence-corrected chi connectivity index (χ4v) is 2.62. The molecule has 1 N–H and O–H groups in total. The van der Waals surface area contributed by atoms with Crippen LogP contribution >= 0.6 is 27.5 Å². The van der Waals surface area contributed by atoms with E-state index in [9.17, 15) is 4.39 Å². The van der Waals surface area contributed by atoms with E-state index in [1.807, 2.05) is 0 Å². The van der Waals surface area contributed by atoms with Crippen molar-refractivity contribution < 1.29 is 4.39 Å². The summed E-state index contributed by atoms with van der Waals surface area (Å²) >= 11 is 9.33. The Morgan fingerprint density at radius 3 is 2.71 bits per heavy atom. The van der Waals surface area contributed by atoms with Crippen molar-refractivity contribution in [2.75, 3.05) is 5.32 Å².